The second kappa shape index (κ2) is 13.4. The van der Waals surface area contributed by atoms with Crippen LogP contribution in [0.4, 0.5) is 24.7 Å². The Kier molecular flexibility index (Phi) is 10.2. The number of rotatable bonds is 12. The molecule has 0 amide bonds. The zero-order chi connectivity index (χ0) is 29.7. The van der Waals surface area contributed by atoms with E-state index in [9.17, 15) is 4.39 Å². The van der Waals surface area contributed by atoms with Crippen molar-refractivity contribution in [3.8, 4) is 11.5 Å². The molecule has 0 spiro atoms. The molecule has 3 aromatic rings. The topological polar surface area (TPSA) is 50.3 Å². The van der Waals surface area contributed by atoms with E-state index in [1.54, 1.807) is 24.3 Å². The van der Waals surface area contributed by atoms with E-state index < -0.39 is 23.2 Å². The number of hydrogen-bond donors (Lipinski definition) is 0. The van der Waals surface area contributed by atoms with Gasteiger partial charge in [-0.3, -0.25) is 4.31 Å². The molecule has 41 heavy (non-hydrogen) atoms. The summed E-state index contributed by atoms with van der Waals surface area (Å²) in [6.45, 7) is 4.18. The predicted molar refractivity (Wildman–Crippen MR) is 157 cm³/mol. The van der Waals surface area contributed by atoms with Crippen molar-refractivity contribution in [2.75, 3.05) is 63.8 Å². The molecule has 0 N–H and O–H groups in total. The van der Waals surface area contributed by atoms with Gasteiger partial charge in [0.05, 0.1) is 32.1 Å². The molecule has 1 aliphatic heterocycles. The van der Waals surface area contributed by atoms with E-state index in [0.717, 1.165) is 11.9 Å². The van der Waals surface area contributed by atoms with Gasteiger partial charge < -0.3 is 24.0 Å². The zero-order valence-corrected chi connectivity index (χ0v) is 25.3. The highest BCUT2D eigenvalue weighted by molar-refractivity contribution is 8.00. The summed E-state index contributed by atoms with van der Waals surface area (Å²) < 4.78 is 64.0. The third-order valence-corrected chi connectivity index (χ3v) is 8.23. The van der Waals surface area contributed by atoms with Crippen LogP contribution in [0.1, 0.15) is 18.9 Å². The molecule has 222 valence electrons. The molecule has 1 fully saturated rings. The number of hydrogen-bond acceptors (Lipinski definition) is 8. The highest BCUT2D eigenvalue weighted by atomic mass is 35.5. The van der Waals surface area contributed by atoms with Gasteiger partial charge in [-0.25, -0.2) is 13.8 Å². The number of benzene rings is 2. The molecule has 1 aromatic heterocycles. The highest BCUT2D eigenvalue weighted by Crippen LogP contribution is 2.42. The van der Waals surface area contributed by atoms with Crippen LogP contribution in [0.3, 0.4) is 0 Å². The highest BCUT2D eigenvalue weighted by Gasteiger charge is 2.40. The van der Waals surface area contributed by atoms with Crippen molar-refractivity contribution in [1.29, 1.82) is 0 Å². The molecule has 1 aliphatic rings. The fourth-order valence-electron chi connectivity index (χ4n) is 5.05. The fourth-order valence-corrected chi connectivity index (χ4v) is 6.32. The van der Waals surface area contributed by atoms with Gasteiger partial charge >= 0.3 is 0 Å². The molecular formula is C29H34ClF3N4O3S. The van der Waals surface area contributed by atoms with Gasteiger partial charge in [-0.2, -0.15) is 4.39 Å². The Bertz CT molecular complexity index is 1370. The number of anilines is 2. The van der Waals surface area contributed by atoms with E-state index in [0.29, 0.717) is 49.7 Å². The largest absolute Gasteiger partial charge is 0.497 e. The third kappa shape index (κ3) is 7.14. The molecule has 4 rings (SSSR count). The molecule has 1 saturated heterocycles. The molecule has 0 saturated carbocycles. The van der Waals surface area contributed by atoms with E-state index in [2.05, 4.69) is 4.98 Å². The van der Waals surface area contributed by atoms with Crippen LogP contribution in [-0.2, 0) is 11.3 Å². The Labute approximate surface area is 248 Å². The first-order chi connectivity index (χ1) is 19.6. The van der Waals surface area contributed by atoms with Crippen LogP contribution in [0, 0.1) is 17.6 Å². The van der Waals surface area contributed by atoms with Crippen molar-refractivity contribution in [2.24, 2.45) is 0 Å². The average molecular weight is 611 g/mol. The molecule has 2 aromatic carbocycles. The molecule has 7 nitrogen and oxygen atoms in total. The van der Waals surface area contributed by atoms with Gasteiger partial charge in [0.25, 0.3) is 0 Å². The van der Waals surface area contributed by atoms with Gasteiger partial charge in [0.2, 0.25) is 5.95 Å². The summed E-state index contributed by atoms with van der Waals surface area (Å²) in [7, 11) is 6.96. The van der Waals surface area contributed by atoms with Crippen LogP contribution in [0.2, 0.25) is 5.02 Å². The lowest BCUT2D eigenvalue weighted by molar-refractivity contribution is -0.0375. The van der Waals surface area contributed by atoms with E-state index in [4.69, 9.17) is 25.8 Å². The number of nitrogens with zero attached hydrogens (tertiary/aromatic N) is 4. The summed E-state index contributed by atoms with van der Waals surface area (Å²) in [6, 6.07) is 10.7. The van der Waals surface area contributed by atoms with Crippen molar-refractivity contribution in [3.05, 3.63) is 70.6 Å². The molecule has 12 heteroatoms. The molecule has 0 unspecified atom stereocenters. The maximum absolute atomic E-state index is 15.8. The Morgan fingerprint density at radius 3 is 2.54 bits per heavy atom. The number of methoxy groups -OCH3 is 2. The number of aromatic nitrogens is 1. The van der Waals surface area contributed by atoms with E-state index in [1.807, 2.05) is 30.8 Å². The van der Waals surface area contributed by atoms with Crippen LogP contribution in [0.25, 0.3) is 0 Å². The minimum Gasteiger partial charge on any atom is -0.497 e. The molecule has 0 aliphatic carbocycles. The van der Waals surface area contributed by atoms with Gasteiger partial charge in [-0.15, -0.1) is 0 Å². The van der Waals surface area contributed by atoms with Crippen LogP contribution in [0.5, 0.6) is 11.5 Å². The summed E-state index contributed by atoms with van der Waals surface area (Å²) in [4.78, 5) is 7.50. The van der Waals surface area contributed by atoms with Crippen molar-refractivity contribution in [1.82, 2.24) is 9.88 Å². The van der Waals surface area contributed by atoms with Crippen LogP contribution in [-0.4, -0.2) is 70.0 Å². The van der Waals surface area contributed by atoms with Crippen molar-refractivity contribution in [2.45, 2.75) is 30.4 Å². The van der Waals surface area contributed by atoms with Crippen LogP contribution in [0.15, 0.2) is 47.4 Å². The van der Waals surface area contributed by atoms with Gasteiger partial charge in [0.15, 0.2) is 5.82 Å². The Morgan fingerprint density at radius 2 is 1.88 bits per heavy atom. The number of halogens is 4. The van der Waals surface area contributed by atoms with Crippen molar-refractivity contribution >= 4 is 35.1 Å². The maximum atomic E-state index is 15.8. The molecule has 0 bridgehead atoms. The number of ether oxygens (including phenoxy) is 3. The van der Waals surface area contributed by atoms with Crippen LogP contribution < -0.4 is 18.7 Å². The van der Waals surface area contributed by atoms with Gasteiger partial charge in [0, 0.05) is 43.9 Å². The summed E-state index contributed by atoms with van der Waals surface area (Å²) in [6.07, 6.45) is 0.692. The Hall–Kier alpha value is -2.86. The summed E-state index contributed by atoms with van der Waals surface area (Å²) in [5, 5.41) is -0.194. The first-order valence-electron chi connectivity index (χ1n) is 13.1. The fraction of sp³-hybridized carbons (Fsp3) is 0.414. The smallest absolute Gasteiger partial charge is 0.214 e. The van der Waals surface area contributed by atoms with E-state index in [1.165, 1.54) is 36.7 Å². The lowest BCUT2D eigenvalue weighted by Crippen LogP contribution is -2.45. The number of likely N-dealkylation sites (N-methyl/N-ethyl adjacent to an activating group) is 1. The predicted octanol–water partition coefficient (Wildman–Crippen LogP) is 6.43. The van der Waals surface area contributed by atoms with Crippen LogP contribution >= 0.6 is 23.5 Å². The number of pyridine rings is 1. The Balaban J connectivity index is 1.67. The first-order valence-corrected chi connectivity index (χ1v) is 14.2. The average Bonchev–Trinajstić information content (AvgIpc) is 3.35. The van der Waals surface area contributed by atoms with Gasteiger partial charge in [-0.05, 0) is 63.7 Å². The molecule has 0 radical (unpaired) electrons. The second-order valence-corrected chi connectivity index (χ2v) is 11.4. The third-order valence-electron chi connectivity index (χ3n) is 6.77. The minimum atomic E-state index is -0.906. The lowest BCUT2D eigenvalue weighted by atomic mass is 10.0. The molecule has 2 heterocycles. The van der Waals surface area contributed by atoms with Gasteiger partial charge in [-0.1, -0.05) is 17.7 Å². The summed E-state index contributed by atoms with van der Waals surface area (Å²) >= 11 is 7.29. The van der Waals surface area contributed by atoms with Gasteiger partial charge in [0.1, 0.15) is 33.1 Å². The monoisotopic (exact) mass is 610 g/mol. The maximum Gasteiger partial charge on any atom is 0.214 e. The molecule has 1 atom stereocenters. The molecular weight excluding hydrogens is 577 g/mol. The SMILES string of the molecule is CCO[C@@]1(CN(C)C)CCN(c2cc(F)c(SN(Cc3ccc(OC)cc3OC)c3cccc(F)n3)c(F)c2Cl)C1. The quantitative estimate of drug-likeness (QED) is 0.132. The minimum absolute atomic E-state index is 0.0834. The first kappa shape index (κ1) is 31.1. The standard InChI is InChI=1S/C29H34ClF3N4O3S/c1-6-40-29(17-35(2)3)12-13-36(18-29)22-15-21(31)28(27(33)26(22)30)41-37(25-9-7-8-24(32)34-25)16-19-10-11-20(38-4)14-23(19)39-5/h7-11,14-15H,6,12-13,16-18H2,1-5H3/t29-/m1/s1. The normalized spacial score (nSPS) is 16.9. The van der Waals surface area contributed by atoms with Crippen molar-refractivity contribution < 1.29 is 27.4 Å². The van der Waals surface area contributed by atoms with E-state index in [-0.39, 0.29) is 28.0 Å². The second-order valence-electron chi connectivity index (χ2n) is 9.98. The van der Waals surface area contributed by atoms with E-state index >= 15 is 8.78 Å². The lowest BCUT2D eigenvalue weighted by Gasteiger charge is -2.32. The zero-order valence-electron chi connectivity index (χ0n) is 23.7. The summed E-state index contributed by atoms with van der Waals surface area (Å²) in [5.74, 6) is -1.20. The Morgan fingerprint density at radius 1 is 1.10 bits per heavy atom. The van der Waals surface area contributed by atoms with Crippen molar-refractivity contribution in [3.63, 3.8) is 0 Å². The summed E-state index contributed by atoms with van der Waals surface area (Å²) in [5.41, 5.74) is 0.457.